The van der Waals surface area contributed by atoms with Crippen LogP contribution in [0.4, 0.5) is 0 Å². The quantitative estimate of drug-likeness (QED) is 0.255. The van der Waals surface area contributed by atoms with Gasteiger partial charge in [-0.3, -0.25) is 0 Å². The van der Waals surface area contributed by atoms with Crippen molar-refractivity contribution in [3.63, 3.8) is 0 Å². The molecular formula is C31H42O. The van der Waals surface area contributed by atoms with Crippen LogP contribution < -0.4 is 4.74 Å². The van der Waals surface area contributed by atoms with Gasteiger partial charge in [-0.25, -0.2) is 0 Å². The maximum absolute atomic E-state index is 5.73. The zero-order valence-corrected chi connectivity index (χ0v) is 20.4. The molecular weight excluding hydrogens is 388 g/mol. The van der Waals surface area contributed by atoms with E-state index in [1.165, 1.54) is 69.8 Å². The number of unbranched alkanes of at least 4 members (excludes halogenated alkanes) is 5. The highest BCUT2D eigenvalue weighted by atomic mass is 16.5. The smallest absolute Gasteiger partial charge is 0.119 e. The zero-order valence-electron chi connectivity index (χ0n) is 20.4. The third-order valence-corrected chi connectivity index (χ3v) is 6.92. The molecule has 3 rings (SSSR count). The van der Waals surface area contributed by atoms with E-state index in [0.29, 0.717) is 0 Å². The molecule has 1 aliphatic carbocycles. The van der Waals surface area contributed by atoms with Gasteiger partial charge in [-0.1, -0.05) is 82.8 Å². The van der Waals surface area contributed by atoms with Crippen LogP contribution in [0.5, 0.6) is 5.75 Å². The van der Waals surface area contributed by atoms with Crippen LogP contribution in [0.2, 0.25) is 0 Å². The Morgan fingerprint density at radius 1 is 0.688 bits per heavy atom. The molecule has 0 aliphatic heterocycles. The van der Waals surface area contributed by atoms with Gasteiger partial charge in [-0.2, -0.15) is 0 Å². The first kappa shape index (κ1) is 24.4. The maximum Gasteiger partial charge on any atom is 0.119 e. The molecule has 32 heavy (non-hydrogen) atoms. The van der Waals surface area contributed by atoms with Crippen LogP contribution in [0.3, 0.4) is 0 Å². The van der Waals surface area contributed by atoms with Crippen molar-refractivity contribution in [2.75, 3.05) is 6.61 Å². The molecule has 1 fully saturated rings. The Morgan fingerprint density at radius 3 is 1.91 bits per heavy atom. The first-order valence-corrected chi connectivity index (χ1v) is 13.1. The number of hydrogen-bond donors (Lipinski definition) is 0. The maximum atomic E-state index is 5.73. The average molecular weight is 431 g/mol. The molecule has 0 saturated heterocycles. The molecule has 0 amide bonds. The molecule has 0 radical (unpaired) electrons. The summed E-state index contributed by atoms with van der Waals surface area (Å²) in [7, 11) is 0. The van der Waals surface area contributed by atoms with Crippen LogP contribution in [0, 0.1) is 17.8 Å². The largest absolute Gasteiger partial charge is 0.494 e. The van der Waals surface area contributed by atoms with E-state index >= 15 is 0 Å². The Morgan fingerprint density at radius 2 is 1.28 bits per heavy atom. The van der Waals surface area contributed by atoms with Gasteiger partial charge < -0.3 is 4.74 Å². The summed E-state index contributed by atoms with van der Waals surface area (Å²) in [5.41, 5.74) is 3.63. The fourth-order valence-electron chi connectivity index (χ4n) is 4.77. The van der Waals surface area contributed by atoms with Gasteiger partial charge in [-0.15, -0.1) is 0 Å². The van der Waals surface area contributed by atoms with Gasteiger partial charge in [0.2, 0.25) is 0 Å². The van der Waals surface area contributed by atoms with Gasteiger partial charge in [0.05, 0.1) is 6.61 Å². The fourth-order valence-corrected chi connectivity index (χ4v) is 4.77. The third-order valence-electron chi connectivity index (χ3n) is 6.92. The lowest BCUT2D eigenvalue weighted by atomic mass is 9.77. The fraction of sp³-hybridized carbons (Fsp3) is 0.548. The highest BCUT2D eigenvalue weighted by Gasteiger charge is 2.21. The molecule has 0 unspecified atom stereocenters. The summed E-state index contributed by atoms with van der Waals surface area (Å²) < 4.78 is 5.73. The lowest BCUT2D eigenvalue weighted by Crippen LogP contribution is -2.13. The molecule has 0 spiro atoms. The van der Waals surface area contributed by atoms with E-state index < -0.39 is 0 Å². The molecule has 0 aromatic heterocycles. The van der Waals surface area contributed by atoms with Gasteiger partial charge in [0.1, 0.15) is 5.75 Å². The monoisotopic (exact) mass is 430 g/mol. The number of benzene rings is 2. The predicted octanol–water partition coefficient (Wildman–Crippen LogP) is 8.90. The van der Waals surface area contributed by atoms with Crippen molar-refractivity contribution in [2.24, 2.45) is 5.92 Å². The average Bonchev–Trinajstić information content (AvgIpc) is 2.84. The number of rotatable bonds is 11. The van der Waals surface area contributed by atoms with E-state index in [4.69, 9.17) is 4.74 Å². The molecule has 1 heteroatoms. The summed E-state index contributed by atoms with van der Waals surface area (Å²) >= 11 is 0. The Bertz CT molecular complexity index is 814. The second kappa shape index (κ2) is 14.1. The van der Waals surface area contributed by atoms with Crippen molar-refractivity contribution >= 4 is 0 Å². The summed E-state index contributed by atoms with van der Waals surface area (Å²) in [5, 5.41) is 0. The van der Waals surface area contributed by atoms with Gasteiger partial charge in [0.15, 0.2) is 0 Å². The highest BCUT2D eigenvalue weighted by Crippen LogP contribution is 2.37. The van der Waals surface area contributed by atoms with Crippen molar-refractivity contribution < 1.29 is 4.74 Å². The molecule has 1 nitrogen and oxygen atoms in total. The number of ether oxygens (including phenoxy) is 1. The van der Waals surface area contributed by atoms with Crippen molar-refractivity contribution in [2.45, 2.75) is 96.8 Å². The second-order valence-electron chi connectivity index (χ2n) is 9.52. The topological polar surface area (TPSA) is 9.23 Å². The minimum absolute atomic E-state index is 0.744. The Balaban J connectivity index is 1.43. The molecule has 172 valence electrons. The summed E-state index contributed by atoms with van der Waals surface area (Å²) in [5.74, 6) is 9.25. The van der Waals surface area contributed by atoms with Gasteiger partial charge in [0.25, 0.3) is 0 Å². The zero-order chi connectivity index (χ0) is 22.4. The van der Waals surface area contributed by atoms with E-state index in [1.807, 2.05) is 24.3 Å². The normalized spacial score (nSPS) is 18.1. The van der Waals surface area contributed by atoms with Crippen molar-refractivity contribution in [3.8, 4) is 17.6 Å². The molecule has 0 bridgehead atoms. The molecule has 2 aromatic carbocycles. The summed E-state index contributed by atoms with van der Waals surface area (Å²) in [6, 6.07) is 17.1. The highest BCUT2D eigenvalue weighted by molar-refractivity contribution is 5.45. The van der Waals surface area contributed by atoms with E-state index in [1.54, 1.807) is 0 Å². The molecule has 2 aromatic rings. The number of hydrogen-bond acceptors (Lipinski definition) is 1. The minimum atomic E-state index is 0.744. The van der Waals surface area contributed by atoms with Crippen LogP contribution in [0.1, 0.15) is 114 Å². The summed E-state index contributed by atoms with van der Waals surface area (Å²) in [6.07, 6.45) is 16.3. The Labute approximate surface area is 197 Å². The van der Waals surface area contributed by atoms with Gasteiger partial charge in [0, 0.05) is 11.1 Å². The van der Waals surface area contributed by atoms with Crippen LogP contribution >= 0.6 is 0 Å². The van der Waals surface area contributed by atoms with E-state index in [2.05, 4.69) is 50.0 Å². The standard InChI is InChI=1S/C31H42O/c1-3-5-7-8-9-10-26-13-19-29(20-14-26)30-21-15-27(16-22-30)11-12-28-17-23-31(24-18-28)32-25-6-4-2/h15-18,21-24,26,29H,3-10,13-14,19-20,25H2,1-2H3. The SMILES string of the molecule is CCCCCCCC1CCC(c2ccc(C#Cc3ccc(OCCCC)cc3)cc2)CC1. The van der Waals surface area contributed by atoms with E-state index in [9.17, 15) is 0 Å². The van der Waals surface area contributed by atoms with Crippen LogP contribution in [0.15, 0.2) is 48.5 Å². The summed E-state index contributed by atoms with van der Waals surface area (Å²) in [6.45, 7) is 5.26. The predicted molar refractivity (Wildman–Crippen MR) is 137 cm³/mol. The molecule has 0 N–H and O–H groups in total. The molecule has 1 aliphatic rings. The lowest BCUT2D eigenvalue weighted by molar-refractivity contribution is 0.302. The summed E-state index contributed by atoms with van der Waals surface area (Å²) in [4.78, 5) is 0. The Hall–Kier alpha value is -2.20. The lowest BCUT2D eigenvalue weighted by Gasteiger charge is -2.29. The third kappa shape index (κ3) is 8.38. The van der Waals surface area contributed by atoms with Crippen molar-refractivity contribution in [3.05, 3.63) is 65.2 Å². The van der Waals surface area contributed by atoms with Gasteiger partial charge >= 0.3 is 0 Å². The van der Waals surface area contributed by atoms with Crippen molar-refractivity contribution in [1.29, 1.82) is 0 Å². The van der Waals surface area contributed by atoms with Crippen molar-refractivity contribution in [1.82, 2.24) is 0 Å². The van der Waals surface area contributed by atoms with Crippen LogP contribution in [0.25, 0.3) is 0 Å². The van der Waals surface area contributed by atoms with Gasteiger partial charge in [-0.05, 0) is 85.9 Å². The molecule has 0 heterocycles. The minimum Gasteiger partial charge on any atom is -0.494 e. The first-order chi connectivity index (χ1) is 15.8. The molecule has 1 saturated carbocycles. The second-order valence-corrected chi connectivity index (χ2v) is 9.52. The van der Waals surface area contributed by atoms with Crippen LogP contribution in [-0.4, -0.2) is 6.61 Å². The Kier molecular flexibility index (Phi) is 10.7. The van der Waals surface area contributed by atoms with E-state index in [-0.39, 0.29) is 0 Å². The first-order valence-electron chi connectivity index (χ1n) is 13.1. The molecule has 0 atom stereocenters. The van der Waals surface area contributed by atoms with Crippen LogP contribution in [-0.2, 0) is 0 Å². The van der Waals surface area contributed by atoms with E-state index in [0.717, 1.165) is 48.2 Å².